The highest BCUT2D eigenvalue weighted by atomic mass is 16.3. The number of rotatable bonds is 32. The van der Waals surface area contributed by atoms with Crippen molar-refractivity contribution in [1.29, 1.82) is 0 Å². The molecule has 0 unspecified atom stereocenters. The second kappa shape index (κ2) is 30.5. The Morgan fingerprint density at radius 1 is 0.366 bits per heavy atom. The Kier molecular flexibility index (Phi) is 28.3. The quantitative estimate of drug-likeness (QED) is 0.0854. The largest absolute Gasteiger partial charge is 0.508 e. The normalized spacial score (nSPS) is 11.5. The van der Waals surface area contributed by atoms with Crippen LogP contribution in [-0.2, 0) is 12.8 Å². The van der Waals surface area contributed by atoms with E-state index in [1.165, 1.54) is 204 Å². The molecule has 0 radical (unpaired) electrons. The van der Waals surface area contributed by atoms with Crippen molar-refractivity contribution in [3.05, 3.63) is 29.3 Å². The number of aryl methyl sites for hydroxylation is 1. The van der Waals surface area contributed by atoms with Crippen LogP contribution in [0.5, 0.6) is 5.75 Å². The summed E-state index contributed by atoms with van der Waals surface area (Å²) in [6.45, 7) is 4.60. The standard InChI is InChI=1S/C40H74O/c1-3-5-7-9-11-13-15-17-19-21-23-25-27-29-31-34-38-35-33-37-40(41)39(38)36-32-30-28-26-24-22-20-18-16-14-12-10-8-6-4-2/h33,35,37,41H,3-32,34,36H2,1-2H3. The van der Waals surface area contributed by atoms with E-state index in [1.54, 1.807) is 0 Å². The number of phenols is 1. The van der Waals surface area contributed by atoms with E-state index in [9.17, 15) is 5.11 Å². The van der Waals surface area contributed by atoms with E-state index in [0.717, 1.165) is 12.8 Å². The Balaban J connectivity index is 1.97. The van der Waals surface area contributed by atoms with Crippen LogP contribution in [-0.4, -0.2) is 5.11 Å². The Hall–Kier alpha value is -0.980. The third kappa shape index (κ3) is 24.2. The second-order valence-electron chi connectivity index (χ2n) is 13.3. The van der Waals surface area contributed by atoms with E-state index in [-0.39, 0.29) is 0 Å². The zero-order chi connectivity index (χ0) is 29.5. The van der Waals surface area contributed by atoms with Gasteiger partial charge in [-0.1, -0.05) is 206 Å². The van der Waals surface area contributed by atoms with Crippen molar-refractivity contribution < 1.29 is 5.11 Å². The highest BCUT2D eigenvalue weighted by Crippen LogP contribution is 2.26. The molecule has 0 saturated heterocycles. The molecule has 0 aliphatic rings. The number of benzene rings is 1. The molecule has 0 fully saturated rings. The van der Waals surface area contributed by atoms with Gasteiger partial charge in [0.15, 0.2) is 0 Å². The van der Waals surface area contributed by atoms with Crippen LogP contribution in [0.15, 0.2) is 18.2 Å². The Bertz CT molecular complexity index is 650. The van der Waals surface area contributed by atoms with Crippen LogP contribution in [0.2, 0.25) is 0 Å². The Morgan fingerprint density at radius 2 is 0.659 bits per heavy atom. The summed E-state index contributed by atoms with van der Waals surface area (Å²) in [4.78, 5) is 0. The number of aromatic hydroxyl groups is 1. The molecule has 0 atom stereocenters. The van der Waals surface area contributed by atoms with Gasteiger partial charge in [0.2, 0.25) is 0 Å². The number of phenolic OH excluding ortho intramolecular Hbond substituents is 1. The molecule has 0 amide bonds. The van der Waals surface area contributed by atoms with Crippen LogP contribution in [0.1, 0.15) is 218 Å². The summed E-state index contributed by atoms with van der Waals surface area (Å²) in [5.74, 6) is 0.536. The first-order chi connectivity index (χ1) is 20.3. The van der Waals surface area contributed by atoms with E-state index in [2.05, 4.69) is 19.9 Å². The van der Waals surface area contributed by atoms with Gasteiger partial charge in [0, 0.05) is 0 Å². The maximum Gasteiger partial charge on any atom is 0.119 e. The molecular formula is C40H74O. The van der Waals surface area contributed by atoms with Crippen LogP contribution >= 0.6 is 0 Å². The minimum absolute atomic E-state index is 0.536. The first-order valence-electron chi connectivity index (χ1n) is 19.1. The van der Waals surface area contributed by atoms with Crippen LogP contribution in [0.25, 0.3) is 0 Å². The van der Waals surface area contributed by atoms with E-state index in [1.807, 2.05) is 12.1 Å². The van der Waals surface area contributed by atoms with Crippen molar-refractivity contribution in [3.63, 3.8) is 0 Å². The average Bonchev–Trinajstić information content (AvgIpc) is 2.98. The Labute approximate surface area is 259 Å². The summed E-state index contributed by atoms with van der Waals surface area (Å²) < 4.78 is 0. The summed E-state index contributed by atoms with van der Waals surface area (Å²) in [5.41, 5.74) is 2.65. The fourth-order valence-electron chi connectivity index (χ4n) is 6.50. The van der Waals surface area contributed by atoms with Gasteiger partial charge in [-0.2, -0.15) is 0 Å². The van der Waals surface area contributed by atoms with Crippen molar-refractivity contribution in [2.75, 3.05) is 0 Å². The van der Waals surface area contributed by atoms with Crippen molar-refractivity contribution in [2.45, 2.75) is 219 Å². The first kappa shape index (κ1) is 38.0. The van der Waals surface area contributed by atoms with E-state index < -0.39 is 0 Å². The van der Waals surface area contributed by atoms with Gasteiger partial charge in [0.05, 0.1) is 0 Å². The molecule has 0 aliphatic carbocycles. The maximum atomic E-state index is 10.5. The molecule has 1 N–H and O–H groups in total. The molecule has 0 aromatic heterocycles. The van der Waals surface area contributed by atoms with Gasteiger partial charge in [0.25, 0.3) is 0 Å². The molecule has 0 saturated carbocycles. The lowest BCUT2D eigenvalue weighted by Gasteiger charge is -2.12. The topological polar surface area (TPSA) is 20.2 Å². The van der Waals surface area contributed by atoms with E-state index >= 15 is 0 Å². The second-order valence-corrected chi connectivity index (χ2v) is 13.3. The average molecular weight is 571 g/mol. The highest BCUT2D eigenvalue weighted by Gasteiger charge is 2.08. The smallest absolute Gasteiger partial charge is 0.119 e. The highest BCUT2D eigenvalue weighted by molar-refractivity contribution is 5.39. The van der Waals surface area contributed by atoms with Gasteiger partial charge in [-0.05, 0) is 42.9 Å². The third-order valence-electron chi connectivity index (χ3n) is 9.33. The molecule has 41 heavy (non-hydrogen) atoms. The van der Waals surface area contributed by atoms with Crippen LogP contribution < -0.4 is 0 Å². The molecule has 0 spiro atoms. The molecular weight excluding hydrogens is 496 g/mol. The summed E-state index contributed by atoms with van der Waals surface area (Å²) >= 11 is 0. The number of unbranched alkanes of at least 4 members (excludes halogenated alkanes) is 28. The molecule has 0 heterocycles. The summed E-state index contributed by atoms with van der Waals surface area (Å²) in [6.07, 6.45) is 44.5. The fourth-order valence-corrected chi connectivity index (χ4v) is 6.50. The zero-order valence-corrected chi connectivity index (χ0v) is 28.3. The molecule has 1 rings (SSSR count). The molecule has 0 bridgehead atoms. The van der Waals surface area contributed by atoms with Crippen molar-refractivity contribution in [1.82, 2.24) is 0 Å². The van der Waals surface area contributed by atoms with Gasteiger partial charge >= 0.3 is 0 Å². The fraction of sp³-hybridized carbons (Fsp3) is 0.850. The molecule has 1 aromatic carbocycles. The van der Waals surface area contributed by atoms with Crippen LogP contribution in [0.4, 0.5) is 0 Å². The molecule has 0 aliphatic heterocycles. The van der Waals surface area contributed by atoms with Gasteiger partial charge in [0.1, 0.15) is 5.75 Å². The van der Waals surface area contributed by atoms with Gasteiger partial charge < -0.3 is 5.11 Å². The SMILES string of the molecule is CCCCCCCCCCCCCCCCCc1cccc(O)c1CCCCCCCCCCCCCCCCC. The number of hydrogen-bond donors (Lipinski definition) is 1. The van der Waals surface area contributed by atoms with Crippen LogP contribution in [0.3, 0.4) is 0 Å². The van der Waals surface area contributed by atoms with Crippen LogP contribution in [0, 0.1) is 0 Å². The predicted octanol–water partition coefficient (Wildman–Crippen LogP) is 14.2. The molecule has 240 valence electrons. The first-order valence-corrected chi connectivity index (χ1v) is 19.1. The van der Waals surface area contributed by atoms with E-state index in [0.29, 0.717) is 5.75 Å². The Morgan fingerprint density at radius 3 is 1.00 bits per heavy atom. The lowest BCUT2D eigenvalue weighted by atomic mass is 9.95. The summed E-state index contributed by atoms with van der Waals surface area (Å²) in [7, 11) is 0. The molecule has 1 nitrogen and oxygen atoms in total. The monoisotopic (exact) mass is 571 g/mol. The third-order valence-corrected chi connectivity index (χ3v) is 9.33. The predicted molar refractivity (Wildman–Crippen MR) is 185 cm³/mol. The summed E-state index contributed by atoms with van der Waals surface area (Å²) in [5, 5.41) is 10.5. The van der Waals surface area contributed by atoms with Crippen molar-refractivity contribution in [2.24, 2.45) is 0 Å². The number of hydrogen-bond acceptors (Lipinski definition) is 1. The maximum absolute atomic E-state index is 10.5. The van der Waals surface area contributed by atoms with E-state index in [4.69, 9.17) is 0 Å². The molecule has 1 aromatic rings. The zero-order valence-electron chi connectivity index (χ0n) is 28.3. The van der Waals surface area contributed by atoms with Crippen molar-refractivity contribution in [3.8, 4) is 5.75 Å². The van der Waals surface area contributed by atoms with Crippen molar-refractivity contribution >= 4 is 0 Å². The van der Waals surface area contributed by atoms with Gasteiger partial charge in [-0.15, -0.1) is 0 Å². The van der Waals surface area contributed by atoms with Gasteiger partial charge in [-0.3, -0.25) is 0 Å². The minimum atomic E-state index is 0.536. The minimum Gasteiger partial charge on any atom is -0.508 e. The molecule has 1 heteroatoms. The lowest BCUT2D eigenvalue weighted by Crippen LogP contribution is -1.96. The van der Waals surface area contributed by atoms with Gasteiger partial charge in [-0.25, -0.2) is 0 Å². The lowest BCUT2D eigenvalue weighted by molar-refractivity contribution is 0.464. The summed E-state index contributed by atoms with van der Waals surface area (Å²) in [6, 6.07) is 6.21.